The molecule has 3 aromatic rings. The summed E-state index contributed by atoms with van der Waals surface area (Å²) in [5, 5.41) is 24.7. The minimum atomic E-state index is -1.36. The topological polar surface area (TPSA) is 119 Å². The van der Waals surface area contributed by atoms with E-state index >= 15 is 0 Å². The van der Waals surface area contributed by atoms with Gasteiger partial charge in [-0.05, 0) is 84.4 Å². The number of aliphatic hydroxyl groups is 2. The molecule has 11 heteroatoms. The number of thioether (sulfide) groups is 1. The van der Waals surface area contributed by atoms with Gasteiger partial charge < -0.3 is 38.9 Å². The van der Waals surface area contributed by atoms with Crippen molar-refractivity contribution in [2.24, 2.45) is 28.3 Å². The Morgan fingerprint density at radius 3 is 2.42 bits per heavy atom. The molecule has 1 saturated carbocycles. The molecule has 1 fully saturated rings. The zero-order valence-corrected chi connectivity index (χ0v) is 36.6. The summed E-state index contributed by atoms with van der Waals surface area (Å²) in [5.41, 5.74) is 3.48. The second-order valence-corrected chi connectivity index (χ2v) is 18.4. The smallest absolute Gasteiger partial charge is 0.410 e. The van der Waals surface area contributed by atoms with Gasteiger partial charge in [-0.3, -0.25) is 0 Å². The van der Waals surface area contributed by atoms with Crippen LogP contribution in [0.15, 0.2) is 113 Å². The van der Waals surface area contributed by atoms with E-state index in [2.05, 4.69) is 30.9 Å². The highest BCUT2D eigenvalue weighted by molar-refractivity contribution is 7.99. The van der Waals surface area contributed by atoms with Gasteiger partial charge in [-0.25, -0.2) is 4.79 Å². The summed E-state index contributed by atoms with van der Waals surface area (Å²) in [6.07, 6.45) is 8.65. The average molecular weight is 841 g/mol. The first kappa shape index (κ1) is 45.2. The highest BCUT2D eigenvalue weighted by atomic mass is 32.2. The van der Waals surface area contributed by atoms with Gasteiger partial charge in [0.25, 0.3) is 0 Å². The summed E-state index contributed by atoms with van der Waals surface area (Å²) in [7, 11) is 1.75. The van der Waals surface area contributed by atoms with E-state index < -0.39 is 23.8 Å². The maximum absolute atomic E-state index is 14.1. The van der Waals surface area contributed by atoms with Gasteiger partial charge in [0, 0.05) is 48.8 Å². The Labute approximate surface area is 361 Å². The zero-order chi connectivity index (χ0) is 42.5. The number of oxime groups is 1. The van der Waals surface area contributed by atoms with Crippen molar-refractivity contribution >= 4 is 23.6 Å². The van der Waals surface area contributed by atoms with Crippen LogP contribution in [0.1, 0.15) is 82.8 Å². The van der Waals surface area contributed by atoms with Crippen LogP contribution < -0.4 is 9.47 Å². The van der Waals surface area contributed by atoms with Gasteiger partial charge in [0.2, 0.25) is 5.79 Å². The lowest BCUT2D eigenvalue weighted by Crippen LogP contribution is -2.69. The van der Waals surface area contributed by atoms with Crippen molar-refractivity contribution in [3.63, 3.8) is 0 Å². The molecule has 0 spiro atoms. The number of allylic oxidation sites excluding steroid dienone is 1. The van der Waals surface area contributed by atoms with Crippen LogP contribution in [0.2, 0.25) is 0 Å². The number of ether oxygens (including phenoxy) is 4. The molecule has 1 aliphatic heterocycles. The van der Waals surface area contributed by atoms with E-state index in [-0.39, 0.29) is 62.6 Å². The number of hydrogen-bond acceptors (Lipinski definition) is 10. The van der Waals surface area contributed by atoms with E-state index in [9.17, 15) is 15.0 Å². The second kappa shape index (κ2) is 21.5. The maximum atomic E-state index is 14.1. The van der Waals surface area contributed by atoms with Gasteiger partial charge in [0.1, 0.15) is 24.1 Å². The van der Waals surface area contributed by atoms with Gasteiger partial charge in [0.15, 0.2) is 0 Å². The van der Waals surface area contributed by atoms with Crippen LogP contribution >= 0.6 is 11.8 Å². The molecular formula is C49H64N2O8S. The number of nitrogens with zero attached hydrogens (tertiary/aromatic N) is 2. The van der Waals surface area contributed by atoms with E-state index in [1.165, 1.54) is 4.90 Å². The van der Waals surface area contributed by atoms with E-state index in [0.717, 1.165) is 59.6 Å². The van der Waals surface area contributed by atoms with Crippen LogP contribution in [0.5, 0.6) is 11.5 Å². The van der Waals surface area contributed by atoms with Crippen LogP contribution in [0.3, 0.4) is 0 Å². The van der Waals surface area contributed by atoms with Gasteiger partial charge in [-0.1, -0.05) is 99.5 Å². The van der Waals surface area contributed by atoms with Crippen molar-refractivity contribution in [3.05, 3.63) is 114 Å². The van der Waals surface area contributed by atoms with Crippen molar-refractivity contribution in [1.82, 2.24) is 4.90 Å². The first-order chi connectivity index (χ1) is 29.1. The summed E-state index contributed by atoms with van der Waals surface area (Å²) in [6, 6.07) is 25.6. The molecule has 0 bridgehead atoms. The fourth-order valence-electron chi connectivity index (χ4n) is 8.92. The Morgan fingerprint density at radius 2 is 1.72 bits per heavy atom. The van der Waals surface area contributed by atoms with E-state index in [4.69, 9.17) is 28.9 Å². The Balaban J connectivity index is 1.48. The molecule has 3 aliphatic rings. The fourth-order valence-corrected chi connectivity index (χ4v) is 9.67. The third kappa shape index (κ3) is 11.1. The Hall–Kier alpha value is -4.29. The van der Waals surface area contributed by atoms with Crippen molar-refractivity contribution in [2.45, 2.75) is 95.0 Å². The summed E-state index contributed by atoms with van der Waals surface area (Å²) in [6.45, 7) is 11.6. The molecule has 6 atom stereocenters. The second-order valence-electron chi connectivity index (χ2n) is 17.3. The minimum Gasteiger partial charge on any atom is -0.493 e. The predicted molar refractivity (Wildman–Crippen MR) is 237 cm³/mol. The molecule has 6 rings (SSSR count). The Kier molecular flexibility index (Phi) is 16.2. The fraction of sp³-hybridized carbons (Fsp3) is 0.510. The number of unbranched alkanes of at least 4 members (excludes halogenated alkanes) is 2. The highest BCUT2D eigenvalue weighted by Crippen LogP contribution is 2.62. The minimum absolute atomic E-state index is 0.102. The molecule has 60 heavy (non-hydrogen) atoms. The largest absolute Gasteiger partial charge is 0.493 e. The number of carbonyl (C=O) groups is 1. The first-order valence-corrected chi connectivity index (χ1v) is 22.5. The number of rotatable bonds is 21. The molecule has 0 saturated heterocycles. The Bertz CT molecular complexity index is 1900. The summed E-state index contributed by atoms with van der Waals surface area (Å²) < 4.78 is 26.7. The third-order valence-corrected chi connectivity index (χ3v) is 12.6. The third-order valence-electron chi connectivity index (χ3n) is 11.6. The van der Waals surface area contributed by atoms with E-state index in [1.54, 1.807) is 29.8 Å². The summed E-state index contributed by atoms with van der Waals surface area (Å²) >= 11 is 1.75. The molecular weight excluding hydrogens is 777 g/mol. The number of carbonyl (C=O) groups excluding carboxylic acids is 1. The quantitative estimate of drug-likeness (QED) is 0.0468. The lowest BCUT2D eigenvalue weighted by Gasteiger charge is -2.59. The maximum Gasteiger partial charge on any atom is 0.410 e. The molecule has 324 valence electrons. The highest BCUT2D eigenvalue weighted by Gasteiger charge is 2.65. The molecule has 2 N–H and O–H groups in total. The number of amides is 1. The standard InChI is InChI=1S/C49H64N2O8S/c1-6-27-57-49-44(51(5)47(54)56-34-48(2,3)4)32-42(50-58-33-35-17-9-7-10-18-35)40-30-36(19-13-15-25-52)39(22-14-16-26-53)45(46(40)49)41-31-37(23-24-43(41)59-49)55-28-29-60-38-20-11-8-12-21-38/h6-12,17-18,20-21,23-24,30-31,36,39,44-46,52-53H,1,13-16,19,22,25-29,32-34H2,2-5H3. The average Bonchev–Trinajstić information content (AvgIpc) is 3.25. The monoisotopic (exact) mass is 840 g/mol. The summed E-state index contributed by atoms with van der Waals surface area (Å²) in [4.78, 5) is 23.1. The predicted octanol–water partition coefficient (Wildman–Crippen LogP) is 9.81. The number of fused-ring (bicyclic) bond motifs is 2. The molecule has 1 heterocycles. The SMILES string of the molecule is C=CCOC12Oc3ccc(OCCSc4ccccc4)cc3C3C(CCCCO)C(CCCCO)C=C(C(=NOCc4ccccc4)CC1N(C)C(=O)OCC(C)(C)C)C32. The van der Waals surface area contributed by atoms with Crippen molar-refractivity contribution in [3.8, 4) is 11.5 Å². The van der Waals surface area contributed by atoms with Crippen LogP contribution in [0.25, 0.3) is 0 Å². The lowest BCUT2D eigenvalue weighted by molar-refractivity contribution is -0.253. The zero-order valence-electron chi connectivity index (χ0n) is 35.8. The van der Waals surface area contributed by atoms with Gasteiger partial charge in [0.05, 0.1) is 31.5 Å². The van der Waals surface area contributed by atoms with E-state index in [1.807, 2.05) is 81.4 Å². The number of aliphatic hydroxyl groups excluding tert-OH is 2. The Morgan fingerprint density at radius 1 is 1.00 bits per heavy atom. The van der Waals surface area contributed by atoms with Crippen molar-refractivity contribution < 1.29 is 38.8 Å². The molecule has 2 aliphatic carbocycles. The first-order valence-electron chi connectivity index (χ1n) is 21.5. The number of benzene rings is 3. The van der Waals surface area contributed by atoms with E-state index in [0.29, 0.717) is 25.2 Å². The number of likely N-dealkylation sites (N-methyl/N-ethyl adjacent to an activating group) is 1. The van der Waals surface area contributed by atoms with Crippen LogP contribution in [0, 0.1) is 23.2 Å². The lowest BCUT2D eigenvalue weighted by atomic mass is 9.55. The molecule has 0 radical (unpaired) electrons. The molecule has 3 aromatic carbocycles. The van der Waals surface area contributed by atoms with Gasteiger partial charge >= 0.3 is 6.09 Å². The van der Waals surface area contributed by atoms with Crippen molar-refractivity contribution in [2.75, 3.05) is 45.8 Å². The van der Waals surface area contributed by atoms with Crippen molar-refractivity contribution in [1.29, 1.82) is 0 Å². The summed E-state index contributed by atoms with van der Waals surface area (Å²) in [5.74, 6) is 0.508. The van der Waals surface area contributed by atoms with Crippen LogP contribution in [-0.4, -0.2) is 84.6 Å². The number of hydrogen-bond donors (Lipinski definition) is 2. The van der Waals surface area contributed by atoms with Crippen LogP contribution in [0.4, 0.5) is 4.79 Å². The van der Waals surface area contributed by atoms with Crippen LogP contribution in [-0.2, 0) is 20.9 Å². The molecule has 6 unspecified atom stereocenters. The molecule has 1 amide bonds. The normalized spacial score (nSPS) is 23.7. The molecule has 0 aromatic heterocycles. The van der Waals surface area contributed by atoms with Gasteiger partial charge in [-0.2, -0.15) is 0 Å². The van der Waals surface area contributed by atoms with Gasteiger partial charge in [-0.15, -0.1) is 18.3 Å². The molecule has 10 nitrogen and oxygen atoms in total.